The van der Waals surface area contributed by atoms with Crippen LogP contribution in [-0.4, -0.2) is 26.6 Å². The number of rotatable bonds is 7. The smallest absolute Gasteiger partial charge is 0.138 e. The van der Waals surface area contributed by atoms with E-state index in [1.165, 1.54) is 0 Å². The summed E-state index contributed by atoms with van der Waals surface area (Å²) in [6.07, 6.45) is 2.70. The molecule has 1 rings (SSSR count). The lowest BCUT2D eigenvalue weighted by molar-refractivity contribution is 0.471. The SMILES string of the molecule is CC(C)Cn1ncnc1CSC(C)CCN. The standard InChI is InChI=1S/C11H22N4S/c1-9(2)6-15-11(13-8-14-15)7-16-10(3)4-5-12/h8-10H,4-7,12H2,1-3H3. The molecule has 0 aliphatic rings. The van der Waals surface area contributed by atoms with E-state index >= 15 is 0 Å². The summed E-state index contributed by atoms with van der Waals surface area (Å²) in [5.74, 6) is 2.60. The molecular weight excluding hydrogens is 220 g/mol. The van der Waals surface area contributed by atoms with Gasteiger partial charge >= 0.3 is 0 Å². The number of aromatic nitrogens is 3. The molecule has 5 heteroatoms. The first-order valence-corrected chi connectivity index (χ1v) is 6.86. The van der Waals surface area contributed by atoms with Crippen molar-refractivity contribution in [2.24, 2.45) is 11.7 Å². The molecule has 4 nitrogen and oxygen atoms in total. The fourth-order valence-corrected chi connectivity index (χ4v) is 2.39. The summed E-state index contributed by atoms with van der Waals surface area (Å²) in [6.45, 7) is 8.29. The van der Waals surface area contributed by atoms with Crippen molar-refractivity contribution in [2.45, 2.75) is 44.7 Å². The van der Waals surface area contributed by atoms with Crippen LogP contribution in [0.4, 0.5) is 0 Å². The van der Waals surface area contributed by atoms with Gasteiger partial charge in [0.05, 0.1) is 5.75 Å². The second kappa shape index (κ2) is 6.91. The van der Waals surface area contributed by atoms with Crippen LogP contribution in [0.1, 0.15) is 33.0 Å². The Kier molecular flexibility index (Phi) is 5.84. The monoisotopic (exact) mass is 242 g/mol. The van der Waals surface area contributed by atoms with E-state index in [0.29, 0.717) is 11.2 Å². The predicted molar refractivity (Wildman–Crippen MR) is 69.3 cm³/mol. The van der Waals surface area contributed by atoms with Gasteiger partial charge in [-0.3, -0.25) is 0 Å². The van der Waals surface area contributed by atoms with E-state index < -0.39 is 0 Å². The molecule has 0 aliphatic heterocycles. The minimum atomic E-state index is 0.592. The number of thioether (sulfide) groups is 1. The second-order valence-electron chi connectivity index (χ2n) is 4.45. The number of nitrogens with two attached hydrogens (primary N) is 1. The normalized spacial score (nSPS) is 13.3. The Labute approximate surface area is 102 Å². The lowest BCUT2D eigenvalue weighted by Gasteiger charge is -2.11. The average molecular weight is 242 g/mol. The molecule has 0 amide bonds. The lowest BCUT2D eigenvalue weighted by Crippen LogP contribution is -2.11. The minimum Gasteiger partial charge on any atom is -0.330 e. The molecule has 0 saturated carbocycles. The Morgan fingerprint density at radius 1 is 1.44 bits per heavy atom. The topological polar surface area (TPSA) is 56.7 Å². The minimum absolute atomic E-state index is 0.592. The Balaban J connectivity index is 2.44. The van der Waals surface area contributed by atoms with Crippen LogP contribution in [-0.2, 0) is 12.3 Å². The Hall–Kier alpha value is -0.550. The maximum Gasteiger partial charge on any atom is 0.138 e. The predicted octanol–water partition coefficient (Wildman–Crippen LogP) is 1.90. The Morgan fingerprint density at radius 3 is 2.81 bits per heavy atom. The largest absolute Gasteiger partial charge is 0.330 e. The highest BCUT2D eigenvalue weighted by atomic mass is 32.2. The highest BCUT2D eigenvalue weighted by molar-refractivity contribution is 7.99. The molecule has 1 aromatic heterocycles. The van der Waals surface area contributed by atoms with E-state index in [2.05, 4.69) is 30.9 Å². The van der Waals surface area contributed by atoms with Crippen molar-refractivity contribution in [3.63, 3.8) is 0 Å². The quantitative estimate of drug-likeness (QED) is 0.793. The van der Waals surface area contributed by atoms with Crippen LogP contribution >= 0.6 is 11.8 Å². The van der Waals surface area contributed by atoms with Crippen molar-refractivity contribution in [1.29, 1.82) is 0 Å². The molecule has 0 aromatic carbocycles. The van der Waals surface area contributed by atoms with Gasteiger partial charge in [0, 0.05) is 11.8 Å². The molecule has 2 N–H and O–H groups in total. The molecule has 0 bridgehead atoms. The van der Waals surface area contributed by atoms with Crippen LogP contribution in [0, 0.1) is 5.92 Å². The van der Waals surface area contributed by atoms with Gasteiger partial charge in [0.2, 0.25) is 0 Å². The van der Waals surface area contributed by atoms with E-state index in [1.54, 1.807) is 6.33 Å². The Bertz CT molecular complexity index is 298. The maximum atomic E-state index is 5.53. The zero-order chi connectivity index (χ0) is 12.0. The summed E-state index contributed by atoms with van der Waals surface area (Å²) < 4.78 is 2.01. The van der Waals surface area contributed by atoms with Crippen molar-refractivity contribution >= 4 is 11.8 Å². The van der Waals surface area contributed by atoms with Crippen LogP contribution in [0.25, 0.3) is 0 Å². The molecule has 1 heterocycles. The van der Waals surface area contributed by atoms with Gasteiger partial charge in [-0.05, 0) is 18.9 Å². The van der Waals surface area contributed by atoms with Gasteiger partial charge < -0.3 is 5.73 Å². The van der Waals surface area contributed by atoms with Gasteiger partial charge in [-0.15, -0.1) is 0 Å². The van der Waals surface area contributed by atoms with Gasteiger partial charge in [0.15, 0.2) is 0 Å². The van der Waals surface area contributed by atoms with Crippen molar-refractivity contribution in [1.82, 2.24) is 14.8 Å². The van der Waals surface area contributed by atoms with Crippen LogP contribution in [0.2, 0.25) is 0 Å². The van der Waals surface area contributed by atoms with Gasteiger partial charge in [-0.1, -0.05) is 20.8 Å². The molecule has 0 saturated heterocycles. The third-order valence-corrected chi connectivity index (χ3v) is 3.53. The maximum absolute atomic E-state index is 5.53. The van der Waals surface area contributed by atoms with E-state index in [1.807, 2.05) is 16.4 Å². The van der Waals surface area contributed by atoms with Crippen molar-refractivity contribution in [2.75, 3.05) is 6.54 Å². The Morgan fingerprint density at radius 2 is 2.19 bits per heavy atom. The summed E-state index contributed by atoms with van der Waals surface area (Å²) in [6, 6.07) is 0. The van der Waals surface area contributed by atoms with E-state index in [9.17, 15) is 0 Å². The summed E-state index contributed by atoms with van der Waals surface area (Å²) in [7, 11) is 0. The molecule has 1 atom stereocenters. The molecule has 16 heavy (non-hydrogen) atoms. The third kappa shape index (κ3) is 4.53. The van der Waals surface area contributed by atoms with Crippen molar-refractivity contribution in [3.05, 3.63) is 12.2 Å². The highest BCUT2D eigenvalue weighted by Gasteiger charge is 2.08. The van der Waals surface area contributed by atoms with Gasteiger partial charge in [-0.25, -0.2) is 9.67 Å². The summed E-state index contributed by atoms with van der Waals surface area (Å²) in [5.41, 5.74) is 5.53. The lowest BCUT2D eigenvalue weighted by atomic mass is 10.2. The second-order valence-corrected chi connectivity index (χ2v) is 5.88. The fourth-order valence-electron chi connectivity index (χ4n) is 1.43. The molecule has 92 valence electrons. The molecule has 0 spiro atoms. The van der Waals surface area contributed by atoms with E-state index in [0.717, 1.165) is 31.1 Å². The third-order valence-electron chi connectivity index (χ3n) is 2.30. The zero-order valence-electron chi connectivity index (χ0n) is 10.4. The van der Waals surface area contributed by atoms with E-state index in [-0.39, 0.29) is 0 Å². The van der Waals surface area contributed by atoms with Crippen molar-refractivity contribution < 1.29 is 0 Å². The number of hydrogen-bond donors (Lipinski definition) is 1. The summed E-state index contributed by atoms with van der Waals surface area (Å²) in [5, 5.41) is 4.84. The summed E-state index contributed by atoms with van der Waals surface area (Å²) >= 11 is 1.90. The van der Waals surface area contributed by atoms with Gasteiger partial charge in [-0.2, -0.15) is 16.9 Å². The van der Waals surface area contributed by atoms with Gasteiger partial charge in [0.1, 0.15) is 12.2 Å². The summed E-state index contributed by atoms with van der Waals surface area (Å²) in [4.78, 5) is 4.30. The first-order valence-electron chi connectivity index (χ1n) is 5.81. The zero-order valence-corrected chi connectivity index (χ0v) is 11.2. The molecule has 1 unspecified atom stereocenters. The van der Waals surface area contributed by atoms with Gasteiger partial charge in [0.25, 0.3) is 0 Å². The molecule has 0 fully saturated rings. The first-order chi connectivity index (χ1) is 7.63. The van der Waals surface area contributed by atoms with Crippen LogP contribution in [0.5, 0.6) is 0 Å². The number of nitrogens with zero attached hydrogens (tertiary/aromatic N) is 3. The average Bonchev–Trinajstić information content (AvgIpc) is 2.62. The van der Waals surface area contributed by atoms with Crippen molar-refractivity contribution in [3.8, 4) is 0 Å². The molecule has 0 radical (unpaired) electrons. The first kappa shape index (κ1) is 13.5. The van der Waals surface area contributed by atoms with Crippen LogP contribution < -0.4 is 5.73 Å². The highest BCUT2D eigenvalue weighted by Crippen LogP contribution is 2.18. The molecular formula is C11H22N4S. The molecule has 0 aliphatic carbocycles. The fraction of sp³-hybridized carbons (Fsp3) is 0.818. The van der Waals surface area contributed by atoms with Crippen LogP contribution in [0.15, 0.2) is 6.33 Å². The van der Waals surface area contributed by atoms with Crippen LogP contribution in [0.3, 0.4) is 0 Å². The number of hydrogen-bond acceptors (Lipinski definition) is 4. The van der Waals surface area contributed by atoms with E-state index in [4.69, 9.17) is 5.73 Å². The molecule has 1 aromatic rings.